The van der Waals surface area contributed by atoms with E-state index in [0.29, 0.717) is 19.3 Å². The third-order valence-electron chi connectivity index (χ3n) is 12.6. The summed E-state index contributed by atoms with van der Waals surface area (Å²) in [6.45, 7) is 5.71. The molecule has 0 aliphatic carbocycles. The van der Waals surface area contributed by atoms with Gasteiger partial charge in [0.15, 0.2) is 24.6 Å². The van der Waals surface area contributed by atoms with E-state index in [4.69, 9.17) is 23.7 Å². The van der Waals surface area contributed by atoms with Gasteiger partial charge in [-0.3, -0.25) is 14.4 Å². The van der Waals surface area contributed by atoms with Gasteiger partial charge < -0.3 is 39.0 Å². The zero-order chi connectivity index (χ0) is 54.7. The average molecular weight is 1050 g/mol. The lowest BCUT2D eigenvalue weighted by Gasteiger charge is -2.40. The van der Waals surface area contributed by atoms with Crippen LogP contribution in [0.15, 0.2) is 97.2 Å². The summed E-state index contributed by atoms with van der Waals surface area (Å²) in [6.07, 6.45) is 53.7. The van der Waals surface area contributed by atoms with Crippen LogP contribution in [-0.4, -0.2) is 89.2 Å². The summed E-state index contributed by atoms with van der Waals surface area (Å²) in [6, 6.07) is 0. The van der Waals surface area contributed by atoms with Crippen LogP contribution in [0.25, 0.3) is 0 Å². The molecule has 0 aromatic rings. The summed E-state index contributed by atoms with van der Waals surface area (Å²) < 4.78 is 28.4. The highest BCUT2D eigenvalue weighted by molar-refractivity contribution is 5.74. The third kappa shape index (κ3) is 40.6. The molecule has 426 valence electrons. The number of hydrogen-bond acceptors (Lipinski definition) is 11. The number of carboxylic acids is 1. The largest absolute Gasteiger partial charge is 0.479 e. The second kappa shape index (κ2) is 50.5. The Morgan fingerprint density at radius 2 is 0.840 bits per heavy atom. The topological polar surface area (TPSA) is 175 Å². The molecule has 0 aromatic heterocycles. The lowest BCUT2D eigenvalue weighted by molar-refractivity contribution is -0.301. The number of ether oxygens (including phenoxy) is 5. The zero-order valence-corrected chi connectivity index (χ0v) is 46.8. The number of carbonyl (C=O) groups is 4. The maximum absolute atomic E-state index is 13.1. The predicted octanol–water partition coefficient (Wildman–Crippen LogP) is 14.9. The molecule has 3 N–H and O–H groups in total. The van der Waals surface area contributed by atoms with Gasteiger partial charge in [-0.15, -0.1) is 0 Å². The van der Waals surface area contributed by atoms with Gasteiger partial charge in [0.2, 0.25) is 0 Å². The molecule has 0 radical (unpaired) electrons. The van der Waals surface area contributed by atoms with E-state index in [1.54, 1.807) is 0 Å². The molecule has 6 atom stereocenters. The Kier molecular flexibility index (Phi) is 46.2. The Balaban J connectivity index is 2.73. The molecule has 12 heteroatoms. The minimum Gasteiger partial charge on any atom is -0.479 e. The first kappa shape index (κ1) is 68.7. The van der Waals surface area contributed by atoms with E-state index in [9.17, 15) is 34.5 Å². The van der Waals surface area contributed by atoms with E-state index in [0.717, 1.165) is 141 Å². The maximum Gasteiger partial charge on any atom is 0.335 e. The van der Waals surface area contributed by atoms with E-state index in [1.165, 1.54) is 25.7 Å². The number of rotatable bonds is 48. The fourth-order valence-corrected chi connectivity index (χ4v) is 8.19. The molecule has 0 spiro atoms. The summed E-state index contributed by atoms with van der Waals surface area (Å²) in [5, 5.41) is 31.5. The van der Waals surface area contributed by atoms with Crippen molar-refractivity contribution in [1.29, 1.82) is 0 Å². The van der Waals surface area contributed by atoms with Crippen LogP contribution in [-0.2, 0) is 42.9 Å². The van der Waals surface area contributed by atoms with E-state index in [1.807, 2.05) is 0 Å². The number of aliphatic carboxylic acids is 1. The second-order valence-corrected chi connectivity index (χ2v) is 19.5. The van der Waals surface area contributed by atoms with Crippen molar-refractivity contribution in [2.75, 3.05) is 13.2 Å². The van der Waals surface area contributed by atoms with Crippen LogP contribution in [0.4, 0.5) is 0 Å². The maximum atomic E-state index is 13.1. The lowest BCUT2D eigenvalue weighted by atomic mass is 9.98. The van der Waals surface area contributed by atoms with Gasteiger partial charge in [-0.2, -0.15) is 0 Å². The van der Waals surface area contributed by atoms with E-state index in [-0.39, 0.29) is 25.9 Å². The first-order valence-corrected chi connectivity index (χ1v) is 29.2. The van der Waals surface area contributed by atoms with Crippen LogP contribution < -0.4 is 0 Å². The average Bonchev–Trinajstić information content (AvgIpc) is 3.39. The Morgan fingerprint density at radius 3 is 1.29 bits per heavy atom. The molecule has 1 aliphatic rings. The van der Waals surface area contributed by atoms with Crippen molar-refractivity contribution in [1.82, 2.24) is 0 Å². The summed E-state index contributed by atoms with van der Waals surface area (Å²) in [5.74, 6) is -3.19. The van der Waals surface area contributed by atoms with Crippen molar-refractivity contribution in [2.24, 2.45) is 0 Å². The van der Waals surface area contributed by atoms with Gasteiger partial charge in [0.25, 0.3) is 0 Å². The van der Waals surface area contributed by atoms with E-state index >= 15 is 0 Å². The van der Waals surface area contributed by atoms with Crippen LogP contribution in [0.1, 0.15) is 226 Å². The molecule has 1 aliphatic heterocycles. The van der Waals surface area contributed by atoms with Gasteiger partial charge in [-0.05, 0) is 116 Å². The molecule has 1 heterocycles. The Bertz CT molecular complexity index is 1670. The van der Waals surface area contributed by atoms with Crippen molar-refractivity contribution in [3.63, 3.8) is 0 Å². The fraction of sp³-hybridized carbons (Fsp3) is 0.683. The molecule has 75 heavy (non-hydrogen) atoms. The predicted molar refractivity (Wildman–Crippen MR) is 303 cm³/mol. The summed E-state index contributed by atoms with van der Waals surface area (Å²) in [7, 11) is 0. The molecule has 12 nitrogen and oxygen atoms in total. The highest BCUT2D eigenvalue weighted by Gasteiger charge is 2.50. The van der Waals surface area contributed by atoms with E-state index < -0.39 is 67.3 Å². The van der Waals surface area contributed by atoms with E-state index in [2.05, 4.69) is 118 Å². The quantitative estimate of drug-likeness (QED) is 0.0228. The smallest absolute Gasteiger partial charge is 0.335 e. The molecular formula is C63H102O12. The van der Waals surface area contributed by atoms with Crippen molar-refractivity contribution >= 4 is 23.9 Å². The molecule has 0 bridgehead atoms. The van der Waals surface area contributed by atoms with Crippen LogP contribution in [0.3, 0.4) is 0 Å². The first-order chi connectivity index (χ1) is 36.6. The van der Waals surface area contributed by atoms with Gasteiger partial charge in [0, 0.05) is 19.3 Å². The number of allylic oxidation sites excluding steroid dienone is 16. The van der Waals surface area contributed by atoms with Crippen molar-refractivity contribution in [2.45, 2.75) is 263 Å². The highest BCUT2D eigenvalue weighted by atomic mass is 16.7. The lowest BCUT2D eigenvalue weighted by Crippen LogP contribution is -2.61. The van der Waals surface area contributed by atoms with Gasteiger partial charge in [-0.25, -0.2) is 4.79 Å². The number of esters is 3. The highest BCUT2D eigenvalue weighted by Crippen LogP contribution is 2.26. The Hall–Kier alpha value is -4.36. The Labute approximate surface area is 453 Å². The van der Waals surface area contributed by atoms with Crippen LogP contribution in [0.5, 0.6) is 0 Å². The zero-order valence-electron chi connectivity index (χ0n) is 46.8. The van der Waals surface area contributed by atoms with Crippen molar-refractivity contribution in [3.05, 3.63) is 97.2 Å². The SMILES string of the molecule is CC/C=C\C/C=C\C/C=C\C/C=C\CCCCCCC(=O)OCC(COC1OC(C(=O)O)C(O)C(O)C1OC(=O)CCCCCCC/C=C\C/C=C\C/C=C\CC)OC(=O)CCCCCCC/C=C\CCCCCC. The number of carbonyl (C=O) groups excluding carboxylic acids is 3. The minimum absolute atomic E-state index is 0.0335. The molecule has 1 fully saturated rings. The van der Waals surface area contributed by atoms with Gasteiger partial charge >= 0.3 is 23.9 Å². The summed E-state index contributed by atoms with van der Waals surface area (Å²) in [4.78, 5) is 51.1. The molecular weight excluding hydrogens is 949 g/mol. The van der Waals surface area contributed by atoms with Gasteiger partial charge in [0.05, 0.1) is 6.61 Å². The van der Waals surface area contributed by atoms with Crippen molar-refractivity contribution < 1.29 is 58.2 Å². The second-order valence-electron chi connectivity index (χ2n) is 19.5. The standard InChI is InChI=1S/C63H102O12/c1-4-7-10-13-16-19-22-25-27-28-30-32-34-37-40-43-46-49-55(64)71-52-54(73-56(65)50-47-44-41-38-35-31-24-21-18-15-12-9-6-3)53-72-63-61(59(68)58(67)60(75-63)62(69)70)74-57(66)51-48-45-42-39-36-33-29-26-23-20-17-14-11-8-5-2/h7-8,10-11,16-17,19-21,24-27,29-30,32,54,58-61,63,67-68H,4-6,9,12-15,18,22-23,28,31,33-53H2,1-3H3,(H,69,70)/b10-7-,11-8-,19-16-,20-17-,24-21-,27-25-,29-26-,32-30-. The molecule has 1 saturated heterocycles. The molecule has 1 rings (SSSR count). The normalized spacial score (nSPS) is 18.9. The summed E-state index contributed by atoms with van der Waals surface area (Å²) >= 11 is 0. The minimum atomic E-state index is -1.92. The number of hydrogen-bond donors (Lipinski definition) is 3. The van der Waals surface area contributed by atoms with Crippen LogP contribution in [0, 0.1) is 0 Å². The number of aliphatic hydroxyl groups excluding tert-OH is 2. The van der Waals surface area contributed by atoms with Gasteiger partial charge in [-0.1, -0.05) is 189 Å². The monoisotopic (exact) mass is 1050 g/mol. The molecule has 0 aromatic carbocycles. The fourth-order valence-electron chi connectivity index (χ4n) is 8.19. The molecule has 0 amide bonds. The number of unbranched alkanes of at least 4 members (excludes halogenated alkanes) is 18. The number of carboxylic acid groups (broad SMARTS) is 1. The Morgan fingerprint density at radius 1 is 0.453 bits per heavy atom. The van der Waals surface area contributed by atoms with Crippen LogP contribution in [0.2, 0.25) is 0 Å². The molecule has 6 unspecified atom stereocenters. The van der Waals surface area contributed by atoms with Crippen LogP contribution >= 0.6 is 0 Å². The third-order valence-corrected chi connectivity index (χ3v) is 12.6. The molecule has 0 saturated carbocycles. The summed E-state index contributed by atoms with van der Waals surface area (Å²) in [5.41, 5.74) is 0. The van der Waals surface area contributed by atoms with Crippen molar-refractivity contribution in [3.8, 4) is 0 Å². The van der Waals surface area contributed by atoms with Gasteiger partial charge in [0.1, 0.15) is 18.8 Å². The first-order valence-electron chi connectivity index (χ1n) is 29.2. The number of aliphatic hydroxyl groups is 2.